The zero-order valence-electron chi connectivity index (χ0n) is 15.0. The minimum absolute atomic E-state index is 0.170. The van der Waals surface area contributed by atoms with Crippen molar-refractivity contribution in [3.8, 4) is 5.69 Å². The van der Waals surface area contributed by atoms with Crippen molar-refractivity contribution in [3.05, 3.63) is 76.1 Å². The van der Waals surface area contributed by atoms with Crippen LogP contribution in [0.5, 0.6) is 0 Å². The quantitative estimate of drug-likeness (QED) is 0.636. The molecule has 1 amide bonds. The van der Waals surface area contributed by atoms with Gasteiger partial charge in [-0.3, -0.25) is 4.79 Å². The highest BCUT2D eigenvalue weighted by atomic mass is 35.5. The van der Waals surface area contributed by atoms with Crippen molar-refractivity contribution < 1.29 is 4.79 Å². The Balaban J connectivity index is 1.57. The summed E-state index contributed by atoms with van der Waals surface area (Å²) in [5, 5.41) is 8.25. The summed E-state index contributed by atoms with van der Waals surface area (Å²) in [6.07, 6.45) is 5.13. The molecule has 1 heterocycles. The van der Waals surface area contributed by atoms with Crippen LogP contribution in [0.2, 0.25) is 5.02 Å². The van der Waals surface area contributed by atoms with Crippen LogP contribution < -0.4 is 5.32 Å². The molecule has 3 aromatic rings. The standard InChI is InChI=1S/C21H20ClN3OS/c1-27-15-10-11-18(22)17(12-15)21(26)23-13-19-16-8-5-9-20(16)25(24-19)14-6-3-2-4-7-14/h2-4,6-7,10-12H,5,8-9,13H2,1H3,(H,23,26). The van der Waals surface area contributed by atoms with Crippen LogP contribution in [0, 0.1) is 0 Å². The lowest BCUT2D eigenvalue weighted by atomic mass is 10.2. The van der Waals surface area contributed by atoms with Crippen LogP contribution >= 0.6 is 23.4 Å². The van der Waals surface area contributed by atoms with Crippen LogP contribution in [0.25, 0.3) is 5.69 Å². The largest absolute Gasteiger partial charge is 0.346 e. The van der Waals surface area contributed by atoms with Crippen molar-refractivity contribution in [2.24, 2.45) is 0 Å². The second-order valence-electron chi connectivity index (χ2n) is 6.50. The summed E-state index contributed by atoms with van der Waals surface area (Å²) in [4.78, 5) is 13.7. The highest BCUT2D eigenvalue weighted by Gasteiger charge is 2.23. The number of aromatic nitrogens is 2. The topological polar surface area (TPSA) is 46.9 Å². The summed E-state index contributed by atoms with van der Waals surface area (Å²) in [6, 6.07) is 15.7. The van der Waals surface area contributed by atoms with Crippen LogP contribution in [0.15, 0.2) is 53.4 Å². The fourth-order valence-electron chi connectivity index (χ4n) is 3.50. The third kappa shape index (κ3) is 3.62. The molecule has 0 unspecified atom stereocenters. The lowest BCUT2D eigenvalue weighted by molar-refractivity contribution is 0.0950. The molecule has 1 N–H and O–H groups in total. The Hall–Kier alpha value is -2.24. The maximum atomic E-state index is 12.6. The molecule has 0 saturated carbocycles. The van der Waals surface area contributed by atoms with Gasteiger partial charge in [-0.05, 0) is 61.4 Å². The Labute approximate surface area is 167 Å². The third-order valence-corrected chi connectivity index (χ3v) is 5.90. The molecule has 0 bridgehead atoms. The molecule has 0 atom stereocenters. The van der Waals surface area contributed by atoms with Gasteiger partial charge in [-0.1, -0.05) is 29.8 Å². The van der Waals surface area contributed by atoms with Crippen LogP contribution in [0.1, 0.15) is 33.7 Å². The fraction of sp³-hybridized carbons (Fsp3) is 0.238. The Morgan fingerprint density at radius 3 is 2.81 bits per heavy atom. The van der Waals surface area contributed by atoms with Gasteiger partial charge in [0.05, 0.1) is 28.5 Å². The van der Waals surface area contributed by atoms with Crippen molar-refractivity contribution in [3.63, 3.8) is 0 Å². The highest BCUT2D eigenvalue weighted by molar-refractivity contribution is 7.98. The summed E-state index contributed by atoms with van der Waals surface area (Å²) < 4.78 is 2.02. The summed E-state index contributed by atoms with van der Waals surface area (Å²) in [6.45, 7) is 0.404. The molecule has 4 nitrogen and oxygen atoms in total. The molecule has 0 spiro atoms. The number of fused-ring (bicyclic) bond motifs is 1. The van der Waals surface area contributed by atoms with Crippen LogP contribution in [-0.2, 0) is 19.4 Å². The number of amides is 1. The van der Waals surface area contributed by atoms with E-state index in [1.54, 1.807) is 17.8 Å². The molecular formula is C21H20ClN3OS. The van der Waals surface area contributed by atoms with Crippen molar-refractivity contribution >= 4 is 29.3 Å². The van der Waals surface area contributed by atoms with Crippen molar-refractivity contribution in [1.29, 1.82) is 0 Å². The molecule has 138 valence electrons. The lowest BCUT2D eigenvalue weighted by Gasteiger charge is -2.08. The van der Waals surface area contributed by atoms with Crippen LogP contribution in [-0.4, -0.2) is 21.9 Å². The molecule has 27 heavy (non-hydrogen) atoms. The second-order valence-corrected chi connectivity index (χ2v) is 7.79. The van der Waals surface area contributed by atoms with Gasteiger partial charge in [0, 0.05) is 10.6 Å². The van der Waals surface area contributed by atoms with Gasteiger partial charge in [0.2, 0.25) is 0 Å². The van der Waals surface area contributed by atoms with E-state index in [1.807, 2.05) is 41.3 Å². The summed E-state index contributed by atoms with van der Waals surface area (Å²) in [7, 11) is 0. The van der Waals surface area contributed by atoms with E-state index in [4.69, 9.17) is 16.7 Å². The first-order chi connectivity index (χ1) is 13.2. The zero-order valence-corrected chi connectivity index (χ0v) is 16.6. The first-order valence-corrected chi connectivity index (χ1v) is 10.5. The van der Waals surface area contributed by atoms with Crippen molar-refractivity contribution in [1.82, 2.24) is 15.1 Å². The third-order valence-electron chi connectivity index (χ3n) is 4.85. The molecular weight excluding hydrogens is 378 g/mol. The predicted octanol–water partition coefficient (Wildman–Crippen LogP) is 4.67. The van der Waals surface area contributed by atoms with Gasteiger partial charge in [0.25, 0.3) is 5.91 Å². The van der Waals surface area contributed by atoms with Gasteiger partial charge in [-0.15, -0.1) is 11.8 Å². The fourth-order valence-corrected chi connectivity index (χ4v) is 4.15. The van der Waals surface area contributed by atoms with Gasteiger partial charge in [-0.2, -0.15) is 5.10 Å². The molecule has 1 aliphatic rings. The van der Waals surface area contributed by atoms with E-state index in [2.05, 4.69) is 17.4 Å². The lowest BCUT2D eigenvalue weighted by Crippen LogP contribution is -2.24. The minimum Gasteiger partial charge on any atom is -0.346 e. The summed E-state index contributed by atoms with van der Waals surface area (Å²) >= 11 is 7.80. The maximum absolute atomic E-state index is 12.6. The molecule has 0 aliphatic heterocycles. The van der Waals surface area contributed by atoms with Gasteiger partial charge >= 0.3 is 0 Å². The number of halogens is 1. The molecule has 1 aliphatic carbocycles. The maximum Gasteiger partial charge on any atom is 0.253 e. The number of rotatable bonds is 5. The first-order valence-electron chi connectivity index (χ1n) is 8.94. The number of nitrogens with one attached hydrogen (secondary N) is 1. The Morgan fingerprint density at radius 1 is 1.22 bits per heavy atom. The Morgan fingerprint density at radius 2 is 2.04 bits per heavy atom. The number of thioether (sulfide) groups is 1. The second kappa shape index (κ2) is 7.79. The monoisotopic (exact) mass is 397 g/mol. The normalized spacial score (nSPS) is 12.8. The number of carbonyl (C=O) groups is 1. The van der Waals surface area contributed by atoms with Gasteiger partial charge in [0.15, 0.2) is 0 Å². The van der Waals surface area contributed by atoms with Crippen molar-refractivity contribution in [2.75, 3.05) is 6.26 Å². The van der Waals surface area contributed by atoms with E-state index in [0.29, 0.717) is 17.1 Å². The average molecular weight is 398 g/mol. The number of para-hydroxylation sites is 1. The molecule has 0 radical (unpaired) electrons. The molecule has 4 rings (SSSR count). The molecule has 1 aromatic heterocycles. The van der Waals surface area contributed by atoms with E-state index in [1.165, 1.54) is 11.3 Å². The predicted molar refractivity (Wildman–Crippen MR) is 110 cm³/mol. The minimum atomic E-state index is -0.170. The van der Waals surface area contributed by atoms with Gasteiger partial charge in [0.1, 0.15) is 0 Å². The summed E-state index contributed by atoms with van der Waals surface area (Å²) in [5.41, 5.74) is 5.03. The first kappa shape index (κ1) is 18.1. The molecule has 2 aromatic carbocycles. The molecule has 0 saturated heterocycles. The van der Waals surface area contributed by atoms with E-state index in [-0.39, 0.29) is 5.91 Å². The zero-order chi connectivity index (χ0) is 18.8. The number of carbonyl (C=O) groups excluding carboxylic acids is 1. The average Bonchev–Trinajstić information content (AvgIpc) is 3.30. The molecule has 6 heteroatoms. The van der Waals surface area contributed by atoms with E-state index >= 15 is 0 Å². The van der Waals surface area contributed by atoms with E-state index < -0.39 is 0 Å². The Bertz CT molecular complexity index is 985. The smallest absolute Gasteiger partial charge is 0.253 e. The number of benzene rings is 2. The SMILES string of the molecule is CSc1ccc(Cl)c(C(=O)NCc2nn(-c3ccccc3)c3c2CCC3)c1. The Kier molecular flexibility index (Phi) is 5.23. The van der Waals surface area contributed by atoms with Crippen molar-refractivity contribution in [2.45, 2.75) is 30.7 Å². The number of hydrogen-bond donors (Lipinski definition) is 1. The van der Waals surface area contributed by atoms with E-state index in [9.17, 15) is 4.79 Å². The summed E-state index contributed by atoms with van der Waals surface area (Å²) in [5.74, 6) is -0.170. The van der Waals surface area contributed by atoms with Crippen LogP contribution in [0.3, 0.4) is 0 Å². The van der Waals surface area contributed by atoms with Crippen LogP contribution in [0.4, 0.5) is 0 Å². The number of nitrogens with zero attached hydrogens (tertiary/aromatic N) is 2. The number of hydrogen-bond acceptors (Lipinski definition) is 3. The van der Waals surface area contributed by atoms with Gasteiger partial charge < -0.3 is 5.32 Å². The van der Waals surface area contributed by atoms with Gasteiger partial charge in [-0.25, -0.2) is 4.68 Å². The highest BCUT2D eigenvalue weighted by Crippen LogP contribution is 2.28. The molecule has 0 fully saturated rings. The van der Waals surface area contributed by atoms with E-state index in [0.717, 1.165) is 35.5 Å².